The van der Waals surface area contributed by atoms with E-state index >= 15 is 0 Å². The molecule has 2 aliphatic carbocycles. The monoisotopic (exact) mass is 501 g/mol. The Kier molecular flexibility index (Phi) is 6.75. The Morgan fingerprint density at radius 1 is 1.22 bits per heavy atom. The highest BCUT2D eigenvalue weighted by Gasteiger charge is 2.40. The van der Waals surface area contributed by atoms with Crippen LogP contribution in [0.15, 0.2) is 65.5 Å². The number of carbonyl (C=O) groups excluding carboxylic acids is 2. The number of hydrogen-bond acceptors (Lipinski definition) is 5. The molecule has 2 N–H and O–H groups in total. The molecular weight excluding hydrogens is 466 g/mol. The number of benzene rings is 1. The zero-order chi connectivity index (χ0) is 26.2. The van der Waals surface area contributed by atoms with Crippen molar-refractivity contribution in [2.24, 2.45) is 11.3 Å². The second-order valence-corrected chi connectivity index (χ2v) is 11.3. The van der Waals surface area contributed by atoms with E-state index in [0.717, 1.165) is 42.8 Å². The Labute approximate surface area is 217 Å². The maximum atomic E-state index is 12.9. The summed E-state index contributed by atoms with van der Waals surface area (Å²) in [7, 11) is 0. The van der Waals surface area contributed by atoms with Crippen molar-refractivity contribution < 1.29 is 14.3 Å². The van der Waals surface area contributed by atoms with Crippen LogP contribution in [0.5, 0.6) is 5.75 Å². The van der Waals surface area contributed by atoms with Crippen LogP contribution in [0.3, 0.4) is 0 Å². The molecule has 8 nitrogen and oxygen atoms in total. The first kappa shape index (κ1) is 25.0. The van der Waals surface area contributed by atoms with Crippen LogP contribution >= 0.6 is 0 Å². The zero-order valence-electron chi connectivity index (χ0n) is 21.8. The number of rotatable bonds is 7. The number of urea groups is 1. The van der Waals surface area contributed by atoms with E-state index in [0.29, 0.717) is 36.7 Å². The van der Waals surface area contributed by atoms with Crippen LogP contribution in [0.2, 0.25) is 0 Å². The molecule has 1 aliphatic heterocycles. The lowest BCUT2D eigenvalue weighted by Gasteiger charge is -2.38. The lowest BCUT2D eigenvalue weighted by molar-refractivity contribution is -0.118. The van der Waals surface area contributed by atoms with Gasteiger partial charge in [-0.1, -0.05) is 55.0 Å². The molecule has 0 saturated carbocycles. The number of nitrogens with one attached hydrogen (secondary N) is 2. The number of carbonyl (C=O) groups is 2. The molecule has 37 heavy (non-hydrogen) atoms. The number of Topliss-reactive ketones (excluding diaryl/α,β-unsaturated/α-hetero) is 1. The number of allylic oxidation sites excluding steroid dienone is 4. The predicted molar refractivity (Wildman–Crippen MR) is 140 cm³/mol. The van der Waals surface area contributed by atoms with Gasteiger partial charge in [-0.15, -0.1) is 5.10 Å². The molecule has 0 saturated heterocycles. The summed E-state index contributed by atoms with van der Waals surface area (Å²) < 4.78 is 7.80. The van der Waals surface area contributed by atoms with Gasteiger partial charge in [0.15, 0.2) is 5.78 Å². The summed E-state index contributed by atoms with van der Waals surface area (Å²) in [5.41, 5.74) is 5.49. The average molecular weight is 502 g/mol. The van der Waals surface area contributed by atoms with Crippen LogP contribution in [-0.2, 0) is 17.9 Å². The van der Waals surface area contributed by atoms with E-state index in [1.54, 1.807) is 0 Å². The molecule has 3 aliphatic rings. The van der Waals surface area contributed by atoms with Crippen molar-refractivity contribution in [2.75, 3.05) is 0 Å². The zero-order valence-corrected chi connectivity index (χ0v) is 21.8. The fourth-order valence-corrected chi connectivity index (χ4v) is 5.49. The Balaban J connectivity index is 1.20. The minimum absolute atomic E-state index is 0.0757. The van der Waals surface area contributed by atoms with Crippen molar-refractivity contribution in [1.82, 2.24) is 25.6 Å². The molecule has 194 valence electrons. The smallest absolute Gasteiger partial charge is 0.319 e. The van der Waals surface area contributed by atoms with Gasteiger partial charge in [0, 0.05) is 17.7 Å². The fraction of sp³-hybridized carbons (Fsp3) is 0.448. The number of nitrogens with zero attached hydrogens (tertiary/aromatic N) is 3. The average Bonchev–Trinajstić information content (AvgIpc) is 3.29. The fourth-order valence-electron chi connectivity index (χ4n) is 5.49. The van der Waals surface area contributed by atoms with E-state index in [1.807, 2.05) is 35.1 Å². The number of ketones is 1. The first-order valence-electron chi connectivity index (χ1n) is 13.0. The van der Waals surface area contributed by atoms with Crippen molar-refractivity contribution in [1.29, 1.82) is 0 Å². The maximum Gasteiger partial charge on any atom is 0.319 e. The van der Waals surface area contributed by atoms with Crippen LogP contribution in [-0.4, -0.2) is 26.8 Å². The number of hydrogen-bond donors (Lipinski definition) is 2. The van der Waals surface area contributed by atoms with E-state index < -0.39 is 6.04 Å². The van der Waals surface area contributed by atoms with Gasteiger partial charge in [0.25, 0.3) is 0 Å². The summed E-state index contributed by atoms with van der Waals surface area (Å²) >= 11 is 0. The van der Waals surface area contributed by atoms with Gasteiger partial charge < -0.3 is 15.4 Å². The normalized spacial score (nSPS) is 23.1. The second kappa shape index (κ2) is 10.00. The predicted octanol–water partition coefficient (Wildman–Crippen LogP) is 5.16. The van der Waals surface area contributed by atoms with Crippen LogP contribution in [0.1, 0.15) is 70.2 Å². The van der Waals surface area contributed by atoms with Crippen molar-refractivity contribution >= 4 is 11.8 Å². The largest absolute Gasteiger partial charge is 0.487 e. The van der Waals surface area contributed by atoms with Gasteiger partial charge in [0.05, 0.1) is 18.8 Å². The first-order chi connectivity index (χ1) is 17.7. The molecule has 2 heterocycles. The number of aromatic nitrogens is 3. The third-order valence-electron chi connectivity index (χ3n) is 7.50. The number of amides is 2. The summed E-state index contributed by atoms with van der Waals surface area (Å²) in [5.74, 6) is 1.35. The van der Waals surface area contributed by atoms with Gasteiger partial charge in [-0.2, -0.15) is 0 Å². The van der Waals surface area contributed by atoms with Gasteiger partial charge >= 0.3 is 6.03 Å². The third-order valence-corrected chi connectivity index (χ3v) is 7.50. The van der Waals surface area contributed by atoms with Crippen molar-refractivity contribution in [3.8, 4) is 5.75 Å². The molecular formula is C29H35N5O3. The van der Waals surface area contributed by atoms with Crippen LogP contribution in [0, 0.1) is 11.3 Å². The molecule has 1 unspecified atom stereocenters. The highest BCUT2D eigenvalue weighted by molar-refractivity contribution is 6.01. The SMILES string of the molecule is C=C(C)[C@@H]1CC=C(Cn2cc(COc3ccc(C4NC(=O)NC5=C4C(=O)CC(C)(C)C5)cc3)nn2)CC1. The quantitative estimate of drug-likeness (QED) is 0.511. The van der Waals surface area contributed by atoms with Crippen LogP contribution in [0.4, 0.5) is 4.79 Å². The van der Waals surface area contributed by atoms with Crippen LogP contribution in [0.25, 0.3) is 0 Å². The summed E-state index contributed by atoms with van der Waals surface area (Å²) in [5, 5.41) is 14.3. The highest BCUT2D eigenvalue weighted by atomic mass is 16.5. The lowest BCUT2D eigenvalue weighted by atomic mass is 9.73. The van der Waals surface area contributed by atoms with Gasteiger partial charge in [-0.3, -0.25) is 4.79 Å². The van der Waals surface area contributed by atoms with E-state index in [2.05, 4.69) is 54.4 Å². The third kappa shape index (κ3) is 5.68. The maximum absolute atomic E-state index is 12.9. The Hall–Kier alpha value is -3.68. The molecule has 1 aromatic carbocycles. The Bertz CT molecular complexity index is 1280. The summed E-state index contributed by atoms with van der Waals surface area (Å²) in [4.78, 5) is 25.2. The highest BCUT2D eigenvalue weighted by Crippen LogP contribution is 2.41. The van der Waals surface area contributed by atoms with E-state index in [4.69, 9.17) is 4.74 Å². The summed E-state index contributed by atoms with van der Waals surface area (Å²) in [6.07, 6.45) is 8.64. The van der Waals surface area contributed by atoms with E-state index in [9.17, 15) is 9.59 Å². The topological polar surface area (TPSA) is 98.1 Å². The number of ether oxygens (including phenoxy) is 1. The molecule has 2 aromatic rings. The second-order valence-electron chi connectivity index (χ2n) is 11.3. The van der Waals surface area contributed by atoms with Gasteiger partial charge in [0.1, 0.15) is 18.1 Å². The van der Waals surface area contributed by atoms with Gasteiger partial charge in [0.2, 0.25) is 0 Å². The molecule has 2 amide bonds. The molecule has 8 heteroatoms. The molecule has 0 radical (unpaired) electrons. The lowest BCUT2D eigenvalue weighted by Crippen LogP contribution is -2.48. The first-order valence-corrected chi connectivity index (χ1v) is 13.0. The Morgan fingerprint density at radius 2 is 2.00 bits per heavy atom. The molecule has 1 aromatic heterocycles. The van der Waals surface area contributed by atoms with Gasteiger partial charge in [-0.25, -0.2) is 9.48 Å². The molecule has 0 fully saturated rings. The molecule has 0 bridgehead atoms. The van der Waals surface area contributed by atoms with E-state index in [1.165, 1.54) is 11.1 Å². The molecule has 0 spiro atoms. The van der Waals surface area contributed by atoms with E-state index in [-0.39, 0.29) is 17.2 Å². The van der Waals surface area contributed by atoms with Crippen molar-refractivity contribution in [3.63, 3.8) is 0 Å². The molecule has 5 rings (SSSR count). The summed E-state index contributed by atoms with van der Waals surface area (Å²) in [6, 6.07) is 6.77. The molecule has 2 atom stereocenters. The van der Waals surface area contributed by atoms with Gasteiger partial charge in [-0.05, 0) is 61.6 Å². The van der Waals surface area contributed by atoms with Crippen molar-refractivity contribution in [3.05, 3.63) is 76.8 Å². The minimum atomic E-state index is -0.457. The standard InChI is InChI=1S/C29H35N5O3/c1-18(2)20-7-5-19(6-8-20)15-34-16-22(32-33-34)17-37-23-11-9-21(10-12-23)27-26-24(30-28(36)31-27)13-29(3,4)14-25(26)35/h5,9-12,16,20,27H,1,6-8,13-15,17H2,2-4H3,(H2,30,31,36)/t20-,27?/m1/s1. The summed E-state index contributed by atoms with van der Waals surface area (Å²) in [6.45, 7) is 11.4. The Morgan fingerprint density at radius 3 is 2.70 bits per heavy atom. The van der Waals surface area contributed by atoms with Crippen molar-refractivity contribution in [2.45, 2.75) is 72.1 Å². The minimum Gasteiger partial charge on any atom is -0.487 e. The van der Waals surface area contributed by atoms with Crippen LogP contribution < -0.4 is 15.4 Å².